The lowest BCUT2D eigenvalue weighted by atomic mass is 10.4. The molecule has 0 fully saturated rings. The van der Waals surface area contributed by atoms with Crippen LogP contribution in [0.15, 0.2) is 31.6 Å². The van der Waals surface area contributed by atoms with E-state index in [4.69, 9.17) is 4.42 Å². The molecule has 2 aromatic heterocycles. The molecule has 0 radical (unpaired) electrons. The van der Waals surface area contributed by atoms with Crippen molar-refractivity contribution in [1.82, 2.24) is 10.2 Å². The molecule has 8 heteroatoms. The van der Waals surface area contributed by atoms with Crippen molar-refractivity contribution in [2.45, 2.75) is 11.3 Å². The fraction of sp³-hybridized carbons (Fsp3) is 0.182. The molecule has 1 N–H and O–H groups in total. The van der Waals surface area contributed by atoms with Crippen molar-refractivity contribution >= 4 is 56.1 Å². The summed E-state index contributed by atoms with van der Waals surface area (Å²) < 4.78 is 6.71. The molecule has 100 valence electrons. The van der Waals surface area contributed by atoms with Gasteiger partial charge in [0.25, 0.3) is 0 Å². The van der Waals surface area contributed by atoms with Crippen LogP contribution >= 0.6 is 39.0 Å². The van der Waals surface area contributed by atoms with Crippen molar-refractivity contribution in [3.63, 3.8) is 0 Å². The Kier molecular flexibility index (Phi) is 5.17. The Balaban J connectivity index is 1.91. The van der Waals surface area contributed by atoms with E-state index < -0.39 is 0 Å². The van der Waals surface area contributed by atoms with E-state index >= 15 is 0 Å². The Labute approximate surface area is 126 Å². The molecule has 2 rings (SSSR count). The normalized spacial score (nSPS) is 11.1. The van der Waals surface area contributed by atoms with Crippen LogP contribution in [0, 0.1) is 0 Å². The summed E-state index contributed by atoms with van der Waals surface area (Å²) in [6.07, 6.45) is 2.97. The Hall–Kier alpha value is -1.12. The highest BCUT2D eigenvalue weighted by molar-refractivity contribution is 9.10. The van der Waals surface area contributed by atoms with Crippen molar-refractivity contribution < 1.29 is 9.21 Å². The third kappa shape index (κ3) is 4.48. The number of carbonyl (C=O) groups excluding carboxylic acids is 1. The summed E-state index contributed by atoms with van der Waals surface area (Å²) in [6, 6.07) is 3.52. The van der Waals surface area contributed by atoms with Crippen LogP contribution in [-0.2, 0) is 4.79 Å². The predicted octanol–water partition coefficient (Wildman–Crippen LogP) is 3.66. The standard InChI is InChI=1S/C11H10BrN3O2S2/c1-2-18-11-15-14-10(19-11)13-9(16)6-4-7-3-5-8(12)17-7/h3-6H,2H2,1H3,(H,13,14,16). The van der Waals surface area contributed by atoms with E-state index in [1.54, 1.807) is 30.0 Å². The van der Waals surface area contributed by atoms with Gasteiger partial charge in [0, 0.05) is 6.08 Å². The molecular weight excluding hydrogens is 350 g/mol. The zero-order valence-electron chi connectivity index (χ0n) is 9.92. The number of nitrogens with one attached hydrogen (secondary N) is 1. The number of aromatic nitrogens is 2. The fourth-order valence-electron chi connectivity index (χ4n) is 1.16. The molecule has 2 heterocycles. The molecule has 0 aromatic carbocycles. The second kappa shape index (κ2) is 6.88. The monoisotopic (exact) mass is 359 g/mol. The first-order chi connectivity index (χ1) is 9.17. The minimum absolute atomic E-state index is 0.267. The summed E-state index contributed by atoms with van der Waals surface area (Å²) in [5, 5.41) is 11.0. The first-order valence-corrected chi connectivity index (χ1v) is 7.97. The minimum Gasteiger partial charge on any atom is -0.450 e. The second-order valence-electron chi connectivity index (χ2n) is 3.27. The summed E-state index contributed by atoms with van der Waals surface area (Å²) in [4.78, 5) is 11.6. The SMILES string of the molecule is CCSc1nnc(NC(=O)C=Cc2ccc(Br)o2)s1. The molecule has 0 saturated heterocycles. The molecule has 0 aliphatic carbocycles. The Morgan fingerprint density at radius 3 is 3.11 bits per heavy atom. The molecule has 0 unspecified atom stereocenters. The maximum Gasteiger partial charge on any atom is 0.250 e. The van der Waals surface area contributed by atoms with Gasteiger partial charge in [-0.25, -0.2) is 0 Å². The van der Waals surface area contributed by atoms with Crippen LogP contribution in [0.5, 0.6) is 0 Å². The van der Waals surface area contributed by atoms with Gasteiger partial charge in [0.2, 0.25) is 11.0 Å². The van der Waals surface area contributed by atoms with Crippen molar-refractivity contribution in [3.8, 4) is 0 Å². The number of carbonyl (C=O) groups is 1. The zero-order valence-corrected chi connectivity index (χ0v) is 13.1. The number of thioether (sulfide) groups is 1. The van der Waals surface area contributed by atoms with Crippen LogP contribution in [0.2, 0.25) is 0 Å². The largest absolute Gasteiger partial charge is 0.450 e. The van der Waals surface area contributed by atoms with Gasteiger partial charge >= 0.3 is 0 Å². The number of furan rings is 1. The van der Waals surface area contributed by atoms with Crippen molar-refractivity contribution in [1.29, 1.82) is 0 Å². The number of amides is 1. The van der Waals surface area contributed by atoms with E-state index in [0.29, 0.717) is 15.6 Å². The molecule has 1 amide bonds. The summed E-state index contributed by atoms with van der Waals surface area (Å²) >= 11 is 6.14. The van der Waals surface area contributed by atoms with Gasteiger partial charge in [0.1, 0.15) is 5.76 Å². The molecule has 2 aromatic rings. The van der Waals surface area contributed by atoms with E-state index in [1.165, 1.54) is 17.4 Å². The van der Waals surface area contributed by atoms with Gasteiger partial charge in [-0.2, -0.15) is 0 Å². The van der Waals surface area contributed by atoms with E-state index in [1.807, 2.05) is 6.92 Å². The van der Waals surface area contributed by atoms with Crippen LogP contribution in [-0.4, -0.2) is 21.9 Å². The number of anilines is 1. The van der Waals surface area contributed by atoms with Gasteiger partial charge in [-0.3, -0.25) is 10.1 Å². The molecule has 19 heavy (non-hydrogen) atoms. The van der Waals surface area contributed by atoms with E-state index in [-0.39, 0.29) is 5.91 Å². The van der Waals surface area contributed by atoms with Gasteiger partial charge in [0.15, 0.2) is 9.01 Å². The van der Waals surface area contributed by atoms with Gasteiger partial charge in [-0.1, -0.05) is 30.0 Å². The molecule has 0 bridgehead atoms. The third-order valence-corrected chi connectivity index (χ3v) is 4.18. The van der Waals surface area contributed by atoms with Crippen molar-refractivity contribution in [3.05, 3.63) is 28.6 Å². The molecular formula is C11H10BrN3O2S2. The predicted molar refractivity (Wildman–Crippen MR) is 80.4 cm³/mol. The lowest BCUT2D eigenvalue weighted by molar-refractivity contribution is -0.111. The quantitative estimate of drug-likeness (QED) is 0.501. The van der Waals surface area contributed by atoms with Gasteiger partial charge in [-0.15, -0.1) is 10.2 Å². The lowest BCUT2D eigenvalue weighted by Gasteiger charge is -1.93. The molecule has 5 nitrogen and oxygen atoms in total. The zero-order chi connectivity index (χ0) is 13.7. The van der Waals surface area contributed by atoms with Crippen molar-refractivity contribution in [2.75, 3.05) is 11.1 Å². The second-order valence-corrected chi connectivity index (χ2v) is 6.54. The third-order valence-electron chi connectivity index (χ3n) is 1.90. The van der Waals surface area contributed by atoms with Gasteiger partial charge in [-0.05, 0) is 39.9 Å². The fourth-order valence-corrected chi connectivity index (χ4v) is 3.14. The number of hydrogen-bond acceptors (Lipinski definition) is 6. The highest BCUT2D eigenvalue weighted by Crippen LogP contribution is 2.24. The average molecular weight is 360 g/mol. The summed E-state index contributed by atoms with van der Waals surface area (Å²) in [7, 11) is 0. The molecule has 0 aliphatic heterocycles. The first-order valence-electron chi connectivity index (χ1n) is 5.38. The molecule has 0 saturated carbocycles. The number of halogens is 1. The lowest BCUT2D eigenvalue weighted by Crippen LogP contribution is -2.07. The van der Waals surface area contributed by atoms with E-state index in [0.717, 1.165) is 10.1 Å². The molecule has 0 spiro atoms. The highest BCUT2D eigenvalue weighted by Gasteiger charge is 2.06. The van der Waals surface area contributed by atoms with Crippen LogP contribution in [0.1, 0.15) is 12.7 Å². The first kappa shape index (κ1) is 14.3. The van der Waals surface area contributed by atoms with E-state index in [9.17, 15) is 4.79 Å². The summed E-state index contributed by atoms with van der Waals surface area (Å²) in [6.45, 7) is 2.04. The van der Waals surface area contributed by atoms with Crippen LogP contribution in [0.4, 0.5) is 5.13 Å². The Morgan fingerprint density at radius 2 is 2.42 bits per heavy atom. The van der Waals surface area contributed by atoms with Crippen LogP contribution < -0.4 is 5.32 Å². The average Bonchev–Trinajstić information content (AvgIpc) is 2.97. The summed E-state index contributed by atoms with van der Waals surface area (Å²) in [5.41, 5.74) is 0. The molecule has 0 aliphatic rings. The van der Waals surface area contributed by atoms with Crippen LogP contribution in [0.3, 0.4) is 0 Å². The Bertz CT molecular complexity index is 594. The smallest absolute Gasteiger partial charge is 0.250 e. The van der Waals surface area contributed by atoms with Crippen LogP contribution in [0.25, 0.3) is 6.08 Å². The minimum atomic E-state index is -0.267. The maximum atomic E-state index is 11.6. The maximum absolute atomic E-state index is 11.6. The molecule has 0 atom stereocenters. The van der Waals surface area contributed by atoms with Crippen molar-refractivity contribution in [2.24, 2.45) is 0 Å². The Morgan fingerprint density at radius 1 is 1.58 bits per heavy atom. The van der Waals surface area contributed by atoms with E-state index in [2.05, 4.69) is 31.4 Å². The summed E-state index contributed by atoms with van der Waals surface area (Å²) in [5.74, 6) is 1.26. The number of rotatable bonds is 5. The van der Waals surface area contributed by atoms with Gasteiger partial charge < -0.3 is 4.42 Å². The number of hydrogen-bond donors (Lipinski definition) is 1. The number of nitrogens with zero attached hydrogens (tertiary/aromatic N) is 2. The highest BCUT2D eigenvalue weighted by atomic mass is 79.9. The van der Waals surface area contributed by atoms with Gasteiger partial charge in [0.05, 0.1) is 0 Å². The topological polar surface area (TPSA) is 68.0 Å².